The van der Waals surface area contributed by atoms with Crippen molar-refractivity contribution in [1.29, 1.82) is 0 Å². The number of hydrogen-bond donors (Lipinski definition) is 3. The highest BCUT2D eigenvalue weighted by atomic mass is 32.1. The van der Waals surface area contributed by atoms with Gasteiger partial charge in [-0.05, 0) is 10.8 Å². The monoisotopic (exact) mass is 145 g/mol. The van der Waals surface area contributed by atoms with Gasteiger partial charge in [0, 0.05) is 0 Å². The van der Waals surface area contributed by atoms with E-state index in [0.717, 1.165) is 0 Å². The van der Waals surface area contributed by atoms with Gasteiger partial charge in [-0.15, -0.1) is 5.46 Å². The number of thiophene rings is 1. The van der Waals surface area contributed by atoms with Crippen molar-refractivity contribution in [2.75, 3.05) is 0 Å². The molecule has 5 heteroatoms. The molecule has 50 valence electrons. The Labute approximate surface area is 56.2 Å². The molecule has 0 bridgehead atoms. The van der Waals surface area contributed by atoms with E-state index in [0.29, 0.717) is 0 Å². The molecule has 1 aromatic heterocycles. The molecular formula is C4H6BO3S-. The van der Waals surface area contributed by atoms with Crippen molar-refractivity contribution >= 4 is 23.6 Å². The summed E-state index contributed by atoms with van der Waals surface area (Å²) in [6.45, 7) is -3.25. The molecule has 9 heavy (non-hydrogen) atoms. The summed E-state index contributed by atoms with van der Waals surface area (Å²) in [5.41, 5.74) is 0.167. The van der Waals surface area contributed by atoms with Gasteiger partial charge >= 0.3 is 6.75 Å². The van der Waals surface area contributed by atoms with Crippen LogP contribution in [-0.4, -0.2) is 21.8 Å². The summed E-state index contributed by atoms with van der Waals surface area (Å²) in [5, 5.41) is 28.8. The third kappa shape index (κ3) is 1.52. The Bertz CT molecular complexity index is 178. The Balaban J connectivity index is 2.90. The average Bonchev–Trinajstić information content (AvgIpc) is 2.08. The van der Waals surface area contributed by atoms with E-state index in [1.54, 1.807) is 5.38 Å². The van der Waals surface area contributed by atoms with Crippen LogP contribution in [0.4, 0.5) is 0 Å². The van der Waals surface area contributed by atoms with Gasteiger partial charge in [0.25, 0.3) is 0 Å². The Morgan fingerprint density at radius 2 is 2.00 bits per heavy atom. The van der Waals surface area contributed by atoms with E-state index in [1.165, 1.54) is 22.8 Å². The van der Waals surface area contributed by atoms with Crippen molar-refractivity contribution in [2.24, 2.45) is 0 Å². The van der Waals surface area contributed by atoms with Crippen LogP contribution in [0.5, 0.6) is 0 Å². The summed E-state index contributed by atoms with van der Waals surface area (Å²) < 4.78 is 0. The highest BCUT2D eigenvalue weighted by Gasteiger charge is 2.17. The number of hydrogen-bond acceptors (Lipinski definition) is 4. The van der Waals surface area contributed by atoms with Crippen LogP contribution in [0, 0.1) is 0 Å². The van der Waals surface area contributed by atoms with Gasteiger partial charge in [-0.2, -0.15) is 11.3 Å². The van der Waals surface area contributed by atoms with Crippen molar-refractivity contribution in [1.82, 2.24) is 0 Å². The van der Waals surface area contributed by atoms with Crippen molar-refractivity contribution in [3.05, 3.63) is 16.8 Å². The Hall–Kier alpha value is -0.355. The lowest BCUT2D eigenvalue weighted by Gasteiger charge is -2.18. The molecular weight excluding hydrogens is 139 g/mol. The molecule has 0 saturated heterocycles. The Morgan fingerprint density at radius 3 is 2.22 bits per heavy atom. The van der Waals surface area contributed by atoms with Crippen molar-refractivity contribution in [2.45, 2.75) is 0 Å². The molecule has 0 unspecified atom stereocenters. The zero-order valence-corrected chi connectivity index (χ0v) is 5.38. The maximum absolute atomic E-state index is 8.56. The predicted molar refractivity (Wildman–Crippen MR) is 36.4 cm³/mol. The van der Waals surface area contributed by atoms with E-state index in [2.05, 4.69) is 0 Å². The minimum absolute atomic E-state index is 0.167. The Kier molecular flexibility index (Phi) is 1.59. The molecule has 0 amide bonds. The molecule has 0 radical (unpaired) electrons. The third-order valence-corrected chi connectivity index (χ3v) is 1.69. The van der Waals surface area contributed by atoms with E-state index < -0.39 is 6.75 Å². The summed E-state index contributed by atoms with van der Waals surface area (Å²) in [5.74, 6) is 0. The topological polar surface area (TPSA) is 60.7 Å². The first-order valence-electron chi connectivity index (χ1n) is 2.45. The van der Waals surface area contributed by atoms with Crippen LogP contribution in [0.25, 0.3) is 0 Å². The lowest BCUT2D eigenvalue weighted by Crippen LogP contribution is -2.47. The minimum atomic E-state index is -3.25. The van der Waals surface area contributed by atoms with Crippen LogP contribution >= 0.6 is 11.3 Å². The van der Waals surface area contributed by atoms with Gasteiger partial charge in [0.1, 0.15) is 0 Å². The van der Waals surface area contributed by atoms with Gasteiger partial charge in [0.2, 0.25) is 0 Å². The fourth-order valence-corrected chi connectivity index (χ4v) is 1.23. The summed E-state index contributed by atoms with van der Waals surface area (Å²) in [6, 6.07) is 1.46. The largest absolute Gasteiger partial charge is 0.556 e. The summed E-state index contributed by atoms with van der Waals surface area (Å²) >= 11 is 1.30. The highest BCUT2D eigenvalue weighted by Crippen LogP contribution is 1.96. The first kappa shape index (κ1) is 6.76. The molecule has 1 heterocycles. The van der Waals surface area contributed by atoms with Crippen LogP contribution in [0.3, 0.4) is 0 Å². The van der Waals surface area contributed by atoms with E-state index in [-0.39, 0.29) is 5.46 Å². The molecule has 0 aliphatic carbocycles. The molecule has 0 aromatic carbocycles. The van der Waals surface area contributed by atoms with Gasteiger partial charge in [-0.3, -0.25) is 0 Å². The second-order valence-electron chi connectivity index (χ2n) is 1.79. The zero-order chi connectivity index (χ0) is 6.91. The minimum Gasteiger partial charge on any atom is -0.556 e. The fraction of sp³-hybridized carbons (Fsp3) is 0. The quantitative estimate of drug-likeness (QED) is 0.438. The Morgan fingerprint density at radius 1 is 1.33 bits per heavy atom. The summed E-state index contributed by atoms with van der Waals surface area (Å²) in [6.07, 6.45) is 0. The molecule has 3 nitrogen and oxygen atoms in total. The van der Waals surface area contributed by atoms with Gasteiger partial charge in [-0.25, -0.2) is 0 Å². The van der Waals surface area contributed by atoms with E-state index in [9.17, 15) is 0 Å². The standard InChI is InChI=1S/C4H6BO3S/c6-5(7,8)4-1-2-9-3-4/h1-3,6-8H/q-1. The maximum Gasteiger partial charge on any atom is 0.403 e. The van der Waals surface area contributed by atoms with Crippen LogP contribution in [0.1, 0.15) is 0 Å². The lowest BCUT2D eigenvalue weighted by atomic mass is 9.73. The fourth-order valence-electron chi connectivity index (χ4n) is 0.495. The molecule has 1 rings (SSSR count). The molecule has 0 aliphatic heterocycles. The van der Waals surface area contributed by atoms with Crippen molar-refractivity contribution < 1.29 is 15.1 Å². The second kappa shape index (κ2) is 2.11. The summed E-state index contributed by atoms with van der Waals surface area (Å²) in [7, 11) is 0. The normalized spacial score (nSPS) is 11.9. The molecule has 0 aliphatic rings. The molecule has 1 aromatic rings. The average molecular weight is 145 g/mol. The van der Waals surface area contributed by atoms with Crippen LogP contribution in [0.2, 0.25) is 0 Å². The third-order valence-electron chi connectivity index (χ3n) is 0.990. The predicted octanol–water partition coefficient (Wildman–Crippen LogP) is -1.13. The van der Waals surface area contributed by atoms with Gasteiger partial charge in [-0.1, -0.05) is 6.07 Å². The molecule has 0 saturated carbocycles. The highest BCUT2D eigenvalue weighted by molar-refractivity contribution is 7.09. The van der Waals surface area contributed by atoms with E-state index in [1.807, 2.05) is 0 Å². The van der Waals surface area contributed by atoms with Crippen LogP contribution in [0.15, 0.2) is 16.8 Å². The zero-order valence-electron chi connectivity index (χ0n) is 4.56. The molecule has 0 fully saturated rings. The van der Waals surface area contributed by atoms with Crippen LogP contribution in [-0.2, 0) is 0 Å². The number of rotatable bonds is 1. The van der Waals surface area contributed by atoms with Crippen LogP contribution < -0.4 is 5.46 Å². The second-order valence-corrected chi connectivity index (χ2v) is 2.57. The first-order chi connectivity index (χ1) is 4.11. The maximum atomic E-state index is 8.56. The smallest absolute Gasteiger partial charge is 0.403 e. The molecule has 3 N–H and O–H groups in total. The van der Waals surface area contributed by atoms with Crippen molar-refractivity contribution in [3.63, 3.8) is 0 Å². The lowest BCUT2D eigenvalue weighted by molar-refractivity contribution is 0.250. The van der Waals surface area contributed by atoms with Crippen molar-refractivity contribution in [3.8, 4) is 0 Å². The first-order valence-corrected chi connectivity index (χ1v) is 3.39. The summed E-state index contributed by atoms with van der Waals surface area (Å²) in [4.78, 5) is 0. The van der Waals surface area contributed by atoms with E-state index in [4.69, 9.17) is 15.1 Å². The molecule has 0 spiro atoms. The van der Waals surface area contributed by atoms with Gasteiger partial charge < -0.3 is 15.1 Å². The molecule has 0 atom stereocenters. The van der Waals surface area contributed by atoms with Gasteiger partial charge in [0.05, 0.1) is 0 Å². The van der Waals surface area contributed by atoms with E-state index >= 15 is 0 Å². The van der Waals surface area contributed by atoms with Gasteiger partial charge in [0.15, 0.2) is 0 Å². The SMILES string of the molecule is O[B-](O)(O)c1ccsc1.